The third-order valence-corrected chi connectivity index (χ3v) is 4.72. The molecule has 0 saturated carbocycles. The SMILES string of the molecule is CNc1nc(Cc2c(Cl)cccc2Cl)nc(COC)c1I. The van der Waals surface area contributed by atoms with Gasteiger partial charge in [0.2, 0.25) is 0 Å². The molecule has 0 spiro atoms. The van der Waals surface area contributed by atoms with Crippen molar-refractivity contribution in [1.82, 2.24) is 9.97 Å². The van der Waals surface area contributed by atoms with Gasteiger partial charge in [0, 0.05) is 30.6 Å². The largest absolute Gasteiger partial charge is 0.378 e. The van der Waals surface area contributed by atoms with Crippen LogP contribution in [0, 0.1) is 3.57 Å². The number of hydrogen-bond acceptors (Lipinski definition) is 4. The number of rotatable bonds is 5. The van der Waals surface area contributed by atoms with Gasteiger partial charge in [-0.2, -0.15) is 0 Å². The third-order valence-electron chi connectivity index (χ3n) is 2.88. The van der Waals surface area contributed by atoms with Crippen LogP contribution >= 0.6 is 45.8 Å². The summed E-state index contributed by atoms with van der Waals surface area (Å²) in [6.45, 7) is 0.429. The number of halogens is 3. The smallest absolute Gasteiger partial charge is 0.143 e. The van der Waals surface area contributed by atoms with E-state index in [1.54, 1.807) is 7.11 Å². The maximum atomic E-state index is 6.20. The van der Waals surface area contributed by atoms with Gasteiger partial charge in [0.1, 0.15) is 11.6 Å². The summed E-state index contributed by atoms with van der Waals surface area (Å²) in [4.78, 5) is 9.06. The summed E-state index contributed by atoms with van der Waals surface area (Å²) in [6.07, 6.45) is 0.473. The molecule has 2 rings (SSSR count). The predicted molar refractivity (Wildman–Crippen MR) is 94.3 cm³/mol. The Morgan fingerprint density at radius 2 is 1.90 bits per heavy atom. The van der Waals surface area contributed by atoms with Gasteiger partial charge in [-0.3, -0.25) is 0 Å². The van der Waals surface area contributed by atoms with Crippen molar-refractivity contribution in [3.63, 3.8) is 0 Å². The standard InChI is InChI=1S/C14H14Cl2IN3O/c1-18-14-13(17)11(7-21-2)19-12(20-14)6-8-9(15)4-3-5-10(8)16/h3-5H,6-7H2,1-2H3,(H,18,19,20). The van der Waals surface area contributed by atoms with Gasteiger partial charge in [-0.05, 0) is 40.3 Å². The van der Waals surface area contributed by atoms with E-state index in [1.807, 2.05) is 25.2 Å². The van der Waals surface area contributed by atoms with Gasteiger partial charge >= 0.3 is 0 Å². The summed E-state index contributed by atoms with van der Waals surface area (Å²) in [5.41, 5.74) is 1.67. The average molecular weight is 438 g/mol. The van der Waals surface area contributed by atoms with E-state index < -0.39 is 0 Å². The minimum atomic E-state index is 0.429. The second-order valence-corrected chi connectivity index (χ2v) is 6.20. The van der Waals surface area contributed by atoms with Crippen molar-refractivity contribution < 1.29 is 4.74 Å². The van der Waals surface area contributed by atoms with Crippen LogP contribution in [0.4, 0.5) is 5.82 Å². The molecule has 1 heterocycles. The van der Waals surface area contributed by atoms with Crippen molar-refractivity contribution in [3.05, 3.63) is 48.9 Å². The second-order valence-electron chi connectivity index (χ2n) is 4.31. The van der Waals surface area contributed by atoms with Gasteiger partial charge in [-0.15, -0.1) is 0 Å². The summed E-state index contributed by atoms with van der Waals surface area (Å²) >= 11 is 14.6. The molecule has 1 N–H and O–H groups in total. The molecule has 0 fully saturated rings. The van der Waals surface area contributed by atoms with Crippen molar-refractivity contribution in [2.75, 3.05) is 19.5 Å². The number of aromatic nitrogens is 2. The molecular formula is C14H14Cl2IN3O. The minimum absolute atomic E-state index is 0.429. The van der Waals surface area contributed by atoms with Crippen molar-refractivity contribution in [2.45, 2.75) is 13.0 Å². The fourth-order valence-electron chi connectivity index (χ4n) is 1.88. The molecule has 0 aliphatic rings. The summed E-state index contributed by atoms with van der Waals surface area (Å²) in [5, 5.41) is 4.30. The van der Waals surface area contributed by atoms with Crippen LogP contribution in [0.25, 0.3) is 0 Å². The number of nitrogens with one attached hydrogen (secondary N) is 1. The lowest BCUT2D eigenvalue weighted by Crippen LogP contribution is -2.09. The van der Waals surface area contributed by atoms with Crippen LogP contribution in [0.3, 0.4) is 0 Å². The second kappa shape index (κ2) is 7.58. The van der Waals surface area contributed by atoms with Crippen LogP contribution in [0.15, 0.2) is 18.2 Å². The first kappa shape index (κ1) is 16.7. The number of hydrogen-bond donors (Lipinski definition) is 1. The molecule has 0 amide bonds. The maximum Gasteiger partial charge on any atom is 0.143 e. The first-order valence-corrected chi connectivity index (χ1v) is 8.05. The molecule has 0 unspecified atom stereocenters. The quantitative estimate of drug-likeness (QED) is 0.713. The van der Waals surface area contributed by atoms with Crippen molar-refractivity contribution in [1.29, 1.82) is 0 Å². The van der Waals surface area contributed by atoms with Crippen molar-refractivity contribution >= 4 is 51.6 Å². The van der Waals surface area contributed by atoms with Crippen LogP contribution in [-0.2, 0) is 17.8 Å². The highest BCUT2D eigenvalue weighted by Gasteiger charge is 2.14. The van der Waals surface area contributed by atoms with Crippen LogP contribution in [0.5, 0.6) is 0 Å². The highest BCUT2D eigenvalue weighted by molar-refractivity contribution is 14.1. The summed E-state index contributed by atoms with van der Waals surface area (Å²) in [6, 6.07) is 5.44. The Kier molecular flexibility index (Phi) is 6.04. The molecule has 4 nitrogen and oxygen atoms in total. The normalized spacial score (nSPS) is 10.7. The molecule has 21 heavy (non-hydrogen) atoms. The minimum Gasteiger partial charge on any atom is -0.378 e. The zero-order chi connectivity index (χ0) is 15.4. The average Bonchev–Trinajstić information content (AvgIpc) is 2.46. The van der Waals surface area contributed by atoms with Crippen LogP contribution in [0.2, 0.25) is 10.0 Å². The van der Waals surface area contributed by atoms with Gasteiger partial charge in [0.05, 0.1) is 15.9 Å². The Morgan fingerprint density at radius 3 is 2.48 bits per heavy atom. The Bertz CT molecular complexity index is 632. The third kappa shape index (κ3) is 3.97. The number of ether oxygens (including phenoxy) is 1. The molecule has 7 heteroatoms. The monoisotopic (exact) mass is 437 g/mol. The molecule has 1 aromatic heterocycles. The molecule has 0 bridgehead atoms. The number of nitrogens with zero attached hydrogens (tertiary/aromatic N) is 2. The fourth-order valence-corrected chi connectivity index (χ4v) is 3.08. The Labute approximate surface area is 147 Å². The molecule has 0 aliphatic heterocycles. The fraction of sp³-hybridized carbons (Fsp3) is 0.286. The van der Waals surface area contributed by atoms with Gasteiger partial charge in [-0.1, -0.05) is 29.3 Å². The number of benzene rings is 1. The van der Waals surface area contributed by atoms with E-state index in [1.165, 1.54) is 0 Å². The van der Waals surface area contributed by atoms with E-state index in [2.05, 4.69) is 37.9 Å². The highest BCUT2D eigenvalue weighted by Crippen LogP contribution is 2.27. The zero-order valence-corrected chi connectivity index (χ0v) is 15.3. The molecular weight excluding hydrogens is 424 g/mol. The van der Waals surface area contributed by atoms with E-state index in [0.717, 1.165) is 20.6 Å². The molecule has 0 radical (unpaired) electrons. The van der Waals surface area contributed by atoms with Crippen LogP contribution in [-0.4, -0.2) is 24.1 Å². The molecule has 112 valence electrons. The Balaban J connectivity index is 2.42. The van der Waals surface area contributed by atoms with Crippen LogP contribution < -0.4 is 5.32 Å². The molecule has 2 aromatic rings. The maximum absolute atomic E-state index is 6.20. The molecule has 0 aliphatic carbocycles. The summed E-state index contributed by atoms with van der Waals surface area (Å²) in [7, 11) is 3.47. The zero-order valence-electron chi connectivity index (χ0n) is 11.6. The first-order valence-electron chi connectivity index (χ1n) is 6.21. The lowest BCUT2D eigenvalue weighted by molar-refractivity contribution is 0.180. The topological polar surface area (TPSA) is 47.0 Å². The highest BCUT2D eigenvalue weighted by atomic mass is 127. The number of methoxy groups -OCH3 is 1. The van der Waals surface area contributed by atoms with Gasteiger partial charge in [0.25, 0.3) is 0 Å². The summed E-state index contributed by atoms with van der Waals surface area (Å²) < 4.78 is 6.14. The van der Waals surface area contributed by atoms with E-state index in [9.17, 15) is 0 Å². The lowest BCUT2D eigenvalue weighted by atomic mass is 10.1. The Morgan fingerprint density at radius 1 is 1.24 bits per heavy atom. The van der Waals surface area contributed by atoms with Crippen molar-refractivity contribution in [2.24, 2.45) is 0 Å². The van der Waals surface area contributed by atoms with Gasteiger partial charge in [-0.25, -0.2) is 9.97 Å². The van der Waals surface area contributed by atoms with E-state index in [4.69, 9.17) is 27.9 Å². The van der Waals surface area contributed by atoms with Crippen LogP contribution in [0.1, 0.15) is 17.1 Å². The molecule has 0 saturated heterocycles. The lowest BCUT2D eigenvalue weighted by Gasteiger charge is -2.12. The predicted octanol–water partition coefficient (Wildman–Crippen LogP) is 4.17. The van der Waals surface area contributed by atoms with Crippen molar-refractivity contribution in [3.8, 4) is 0 Å². The van der Waals surface area contributed by atoms with E-state index in [0.29, 0.717) is 28.9 Å². The molecule has 1 aromatic carbocycles. The summed E-state index contributed by atoms with van der Waals surface area (Å²) in [5.74, 6) is 1.43. The number of anilines is 1. The van der Waals surface area contributed by atoms with E-state index >= 15 is 0 Å². The first-order chi connectivity index (χ1) is 10.1. The van der Waals surface area contributed by atoms with Gasteiger partial charge in [0.15, 0.2) is 0 Å². The van der Waals surface area contributed by atoms with E-state index in [-0.39, 0.29) is 0 Å². The molecule has 0 atom stereocenters. The Hall–Kier alpha value is -0.630. The van der Waals surface area contributed by atoms with Gasteiger partial charge < -0.3 is 10.1 Å².